The maximum atomic E-state index is 14.9. The van der Waals surface area contributed by atoms with E-state index in [0.717, 1.165) is 18.2 Å². The molecule has 1 heterocycles. The zero-order chi connectivity index (χ0) is 31.0. The first-order valence-corrected chi connectivity index (χ1v) is 14.1. The number of carbonyl (C=O) groups excluding carboxylic acids is 2. The smallest absolute Gasteiger partial charge is 0.411 e. The van der Waals surface area contributed by atoms with Crippen LogP contribution < -0.4 is 10.6 Å². The van der Waals surface area contributed by atoms with Gasteiger partial charge in [-0.15, -0.1) is 0 Å². The second-order valence-corrected chi connectivity index (χ2v) is 10.7. The number of nitrogens with one attached hydrogen (secondary N) is 2. The maximum Gasteiger partial charge on any atom is 0.411 e. The van der Waals surface area contributed by atoms with Crippen molar-refractivity contribution in [1.82, 2.24) is 10.2 Å². The van der Waals surface area contributed by atoms with Gasteiger partial charge in [-0.05, 0) is 48.2 Å². The number of amides is 2. The van der Waals surface area contributed by atoms with E-state index in [0.29, 0.717) is 27.6 Å². The van der Waals surface area contributed by atoms with Crippen LogP contribution in [0, 0.1) is 5.82 Å². The molecule has 1 fully saturated rings. The van der Waals surface area contributed by atoms with E-state index in [1.165, 1.54) is 12.1 Å². The number of hydrogen-bond donors (Lipinski definition) is 2. The first-order valence-electron chi connectivity index (χ1n) is 13.7. The summed E-state index contributed by atoms with van der Waals surface area (Å²) in [6, 6.07) is 21.4. The Kier molecular flexibility index (Phi) is 11.0. The molecular weight excluding hydrogens is 590 g/mol. The van der Waals surface area contributed by atoms with Gasteiger partial charge >= 0.3 is 12.3 Å². The molecule has 12 heteroatoms. The van der Waals surface area contributed by atoms with E-state index in [9.17, 15) is 27.2 Å². The number of alkyl halides is 3. The van der Waals surface area contributed by atoms with Gasteiger partial charge in [-0.1, -0.05) is 60.1 Å². The fourth-order valence-corrected chi connectivity index (χ4v) is 4.97. The van der Waals surface area contributed by atoms with Gasteiger partial charge in [-0.3, -0.25) is 10.1 Å². The number of benzene rings is 3. The molecule has 0 unspecified atom stereocenters. The summed E-state index contributed by atoms with van der Waals surface area (Å²) in [6.07, 6.45) is -6.22. The largest absolute Gasteiger partial charge is 0.428 e. The molecule has 7 nitrogen and oxygen atoms in total. The summed E-state index contributed by atoms with van der Waals surface area (Å²) >= 11 is 6.07. The molecule has 0 bridgehead atoms. The Bertz CT molecular complexity index is 1370. The third-order valence-electron chi connectivity index (χ3n) is 7.00. The Labute approximate surface area is 252 Å². The highest BCUT2D eigenvalue weighted by Gasteiger charge is 2.33. The molecule has 0 radical (unpaired) electrons. The molecule has 4 rings (SSSR count). The lowest BCUT2D eigenvalue weighted by Gasteiger charge is -2.31. The fourth-order valence-electron chi connectivity index (χ4n) is 4.84. The molecule has 2 amide bonds. The SMILES string of the molecule is CN(CC(F)(F)F)C(=O)O[C@H]1CO[C@H](CCc2c(F)cccc2NC(=O)C[C@H](c2ccccc2)c2ccc(Cl)cc2)CN1. The number of hydrogen-bond acceptors (Lipinski definition) is 5. The second-order valence-electron chi connectivity index (χ2n) is 10.3. The normalized spacial score (nSPS) is 17.6. The van der Waals surface area contributed by atoms with Gasteiger partial charge in [0.25, 0.3) is 0 Å². The van der Waals surface area contributed by atoms with E-state index >= 15 is 0 Å². The van der Waals surface area contributed by atoms with Crippen molar-refractivity contribution in [3.05, 3.63) is 100 Å². The van der Waals surface area contributed by atoms with E-state index in [-0.39, 0.29) is 43.9 Å². The number of ether oxygens (including phenoxy) is 2. The van der Waals surface area contributed by atoms with E-state index in [2.05, 4.69) is 10.6 Å². The van der Waals surface area contributed by atoms with Crippen LogP contribution in [0.2, 0.25) is 5.02 Å². The number of halogens is 5. The summed E-state index contributed by atoms with van der Waals surface area (Å²) in [5.74, 6) is -1.00. The predicted molar refractivity (Wildman–Crippen MR) is 154 cm³/mol. The van der Waals surface area contributed by atoms with Gasteiger partial charge in [-0.25, -0.2) is 9.18 Å². The first-order chi connectivity index (χ1) is 20.5. The highest BCUT2D eigenvalue weighted by atomic mass is 35.5. The van der Waals surface area contributed by atoms with Crippen molar-refractivity contribution in [3.63, 3.8) is 0 Å². The van der Waals surface area contributed by atoms with Crippen LogP contribution in [0.15, 0.2) is 72.8 Å². The van der Waals surface area contributed by atoms with Crippen LogP contribution in [0.5, 0.6) is 0 Å². The van der Waals surface area contributed by atoms with Crippen molar-refractivity contribution >= 4 is 29.3 Å². The van der Waals surface area contributed by atoms with E-state index in [1.807, 2.05) is 42.5 Å². The van der Waals surface area contributed by atoms with Crippen LogP contribution in [-0.2, 0) is 20.7 Å². The molecule has 3 atom stereocenters. The van der Waals surface area contributed by atoms with Gasteiger partial charge in [0.2, 0.25) is 5.91 Å². The molecule has 0 saturated carbocycles. The minimum Gasteiger partial charge on any atom is -0.428 e. The van der Waals surface area contributed by atoms with Crippen LogP contribution >= 0.6 is 11.6 Å². The lowest BCUT2D eigenvalue weighted by atomic mass is 9.88. The minimum atomic E-state index is -4.54. The Balaban J connectivity index is 1.34. The third kappa shape index (κ3) is 9.67. The van der Waals surface area contributed by atoms with Crippen molar-refractivity contribution < 1.29 is 36.6 Å². The molecule has 230 valence electrons. The van der Waals surface area contributed by atoms with E-state index < -0.39 is 30.9 Å². The topological polar surface area (TPSA) is 79.9 Å². The number of carbonyl (C=O) groups is 2. The summed E-state index contributed by atoms with van der Waals surface area (Å²) in [4.78, 5) is 25.6. The predicted octanol–water partition coefficient (Wildman–Crippen LogP) is 6.52. The van der Waals surface area contributed by atoms with Crippen molar-refractivity contribution in [2.75, 3.05) is 32.1 Å². The summed E-state index contributed by atoms with van der Waals surface area (Å²) in [7, 11) is 0.993. The summed E-state index contributed by atoms with van der Waals surface area (Å²) in [6.45, 7) is -1.28. The average molecular weight is 622 g/mol. The second kappa shape index (κ2) is 14.7. The average Bonchev–Trinajstić information content (AvgIpc) is 2.96. The molecule has 2 N–H and O–H groups in total. The number of anilines is 1. The Morgan fingerprint density at radius 2 is 1.77 bits per heavy atom. The lowest BCUT2D eigenvalue weighted by Crippen LogP contribution is -2.50. The molecular formula is C31H32ClF4N3O4. The van der Waals surface area contributed by atoms with E-state index in [1.54, 1.807) is 18.2 Å². The van der Waals surface area contributed by atoms with Gasteiger partial charge in [0, 0.05) is 42.2 Å². The van der Waals surface area contributed by atoms with Gasteiger partial charge in [0.05, 0.1) is 12.7 Å². The van der Waals surface area contributed by atoms with Crippen LogP contribution in [0.1, 0.15) is 35.4 Å². The zero-order valence-corrected chi connectivity index (χ0v) is 24.1. The van der Waals surface area contributed by atoms with Crippen LogP contribution in [-0.4, -0.2) is 62.2 Å². The Morgan fingerprint density at radius 1 is 1.07 bits per heavy atom. The molecule has 0 aromatic heterocycles. The van der Waals surface area contributed by atoms with Crippen molar-refractivity contribution in [3.8, 4) is 0 Å². The number of morpholine rings is 1. The summed E-state index contributed by atoms with van der Waals surface area (Å²) < 4.78 is 63.2. The first kappa shape index (κ1) is 32.2. The Morgan fingerprint density at radius 3 is 2.42 bits per heavy atom. The minimum absolute atomic E-state index is 0.0807. The quantitative estimate of drug-likeness (QED) is 0.252. The standard InChI is InChI=1S/C31H32ClF4N3O4/c1-39(19-31(34,35)36)30(41)43-29-18-42-23(17-37-29)14-15-24-26(33)8-5-9-27(24)38-28(40)16-25(20-6-3-2-4-7-20)21-10-12-22(32)13-11-21/h2-13,23,25,29,37H,14-19H2,1H3,(H,38,40)/t23-,25-,29+/m1/s1. The Hall–Kier alpha value is -3.67. The van der Waals surface area contributed by atoms with Gasteiger partial charge < -0.3 is 19.7 Å². The number of rotatable bonds is 10. The summed E-state index contributed by atoms with van der Waals surface area (Å²) in [5, 5.41) is 6.39. The van der Waals surface area contributed by atoms with Crippen LogP contribution in [0.3, 0.4) is 0 Å². The highest BCUT2D eigenvalue weighted by molar-refractivity contribution is 6.30. The monoisotopic (exact) mass is 621 g/mol. The van der Waals surface area contributed by atoms with Gasteiger partial charge in [0.1, 0.15) is 12.4 Å². The van der Waals surface area contributed by atoms with Crippen molar-refractivity contribution in [2.24, 2.45) is 0 Å². The lowest BCUT2D eigenvalue weighted by molar-refractivity contribution is -0.143. The van der Waals surface area contributed by atoms with Crippen LogP contribution in [0.4, 0.5) is 28.0 Å². The molecule has 1 aliphatic rings. The molecule has 3 aromatic carbocycles. The van der Waals surface area contributed by atoms with Crippen molar-refractivity contribution in [1.29, 1.82) is 0 Å². The third-order valence-corrected chi connectivity index (χ3v) is 7.25. The number of nitrogens with zero attached hydrogens (tertiary/aromatic N) is 1. The molecule has 43 heavy (non-hydrogen) atoms. The molecule has 0 aliphatic carbocycles. The van der Waals surface area contributed by atoms with Gasteiger partial charge in [-0.2, -0.15) is 13.2 Å². The molecule has 0 spiro atoms. The highest BCUT2D eigenvalue weighted by Crippen LogP contribution is 2.30. The molecule has 3 aromatic rings. The molecule has 1 saturated heterocycles. The van der Waals surface area contributed by atoms with Crippen LogP contribution in [0.25, 0.3) is 0 Å². The van der Waals surface area contributed by atoms with Crippen molar-refractivity contribution in [2.45, 2.75) is 43.7 Å². The zero-order valence-electron chi connectivity index (χ0n) is 23.4. The fraction of sp³-hybridized carbons (Fsp3) is 0.355. The van der Waals surface area contributed by atoms with E-state index in [4.69, 9.17) is 21.1 Å². The maximum absolute atomic E-state index is 14.9. The molecule has 1 aliphatic heterocycles. The van der Waals surface area contributed by atoms with Gasteiger partial charge in [0.15, 0.2) is 6.23 Å². The summed E-state index contributed by atoms with van der Waals surface area (Å²) in [5.41, 5.74) is 2.56.